The molecule has 0 radical (unpaired) electrons. The highest BCUT2D eigenvalue weighted by atomic mass is 127. The van der Waals surface area contributed by atoms with Gasteiger partial charge < -0.3 is 5.11 Å². The maximum absolute atomic E-state index is 11.3. The lowest BCUT2D eigenvalue weighted by Gasteiger charge is -2.08. The van der Waals surface area contributed by atoms with Gasteiger partial charge in [0, 0.05) is 3.57 Å². The van der Waals surface area contributed by atoms with Crippen LogP contribution >= 0.6 is 34.2 Å². The number of benzene rings is 1. The van der Waals surface area contributed by atoms with Crippen molar-refractivity contribution in [3.63, 3.8) is 0 Å². The Balaban J connectivity index is 2.90. The standard InChI is InChI=1S/C8H9ClINO3S/c9-7-5-6(10)1-2-8(7)11-15(13,14)4-3-12/h1-2,5,11-12H,3-4H2. The van der Waals surface area contributed by atoms with Gasteiger partial charge in [-0.05, 0) is 40.8 Å². The molecule has 0 aliphatic rings. The Morgan fingerprint density at radius 3 is 2.67 bits per heavy atom. The lowest BCUT2D eigenvalue weighted by Crippen LogP contribution is -2.19. The zero-order valence-corrected chi connectivity index (χ0v) is 11.3. The molecular formula is C8H9ClINO3S. The maximum atomic E-state index is 11.3. The van der Waals surface area contributed by atoms with E-state index in [-0.39, 0.29) is 5.75 Å². The van der Waals surface area contributed by atoms with Crippen molar-refractivity contribution >= 4 is 49.9 Å². The summed E-state index contributed by atoms with van der Waals surface area (Å²) in [6, 6.07) is 4.97. The minimum Gasteiger partial charge on any atom is -0.395 e. The van der Waals surface area contributed by atoms with Gasteiger partial charge in [0.1, 0.15) is 0 Å². The molecule has 0 saturated carbocycles. The molecule has 0 saturated heterocycles. The maximum Gasteiger partial charge on any atom is 0.235 e. The first kappa shape index (κ1) is 13.0. The number of aliphatic hydroxyl groups is 1. The first-order chi connectivity index (χ1) is 6.94. The molecular weight excluding hydrogens is 353 g/mol. The van der Waals surface area contributed by atoms with E-state index in [1.807, 2.05) is 0 Å². The van der Waals surface area contributed by atoms with Crippen molar-refractivity contribution in [2.45, 2.75) is 0 Å². The van der Waals surface area contributed by atoms with Crippen molar-refractivity contribution in [3.05, 3.63) is 26.8 Å². The van der Waals surface area contributed by atoms with Crippen molar-refractivity contribution < 1.29 is 13.5 Å². The van der Waals surface area contributed by atoms with Gasteiger partial charge in [0.2, 0.25) is 10.0 Å². The molecule has 0 amide bonds. The third kappa shape index (κ3) is 4.13. The first-order valence-corrected chi connectivity index (χ1v) is 7.12. The monoisotopic (exact) mass is 361 g/mol. The lowest BCUT2D eigenvalue weighted by molar-refractivity contribution is 0.320. The number of hydrogen-bond donors (Lipinski definition) is 2. The number of sulfonamides is 1. The normalized spacial score (nSPS) is 11.4. The van der Waals surface area contributed by atoms with Gasteiger partial charge in [0.15, 0.2) is 0 Å². The zero-order chi connectivity index (χ0) is 11.5. The highest BCUT2D eigenvalue weighted by Crippen LogP contribution is 2.24. The predicted molar refractivity (Wildman–Crippen MR) is 68.7 cm³/mol. The Hall–Kier alpha value is -0.0500. The van der Waals surface area contributed by atoms with E-state index >= 15 is 0 Å². The van der Waals surface area contributed by atoms with Gasteiger partial charge in [-0.2, -0.15) is 0 Å². The van der Waals surface area contributed by atoms with E-state index in [1.54, 1.807) is 18.2 Å². The van der Waals surface area contributed by atoms with Crippen molar-refractivity contribution in [1.29, 1.82) is 0 Å². The summed E-state index contributed by atoms with van der Waals surface area (Å²) in [6.45, 7) is -0.419. The number of rotatable bonds is 4. The molecule has 0 aliphatic carbocycles. The van der Waals surface area contributed by atoms with Crippen LogP contribution in [0.5, 0.6) is 0 Å². The number of anilines is 1. The van der Waals surface area contributed by atoms with Gasteiger partial charge in [0.25, 0.3) is 0 Å². The average Bonchev–Trinajstić information content (AvgIpc) is 2.09. The second kappa shape index (κ2) is 5.33. The fourth-order valence-corrected chi connectivity index (χ4v) is 2.73. The Morgan fingerprint density at radius 1 is 1.47 bits per heavy atom. The summed E-state index contributed by atoms with van der Waals surface area (Å²) in [5.41, 5.74) is 0.325. The van der Waals surface area contributed by atoms with Crippen molar-refractivity contribution in [2.24, 2.45) is 0 Å². The highest BCUT2D eigenvalue weighted by Gasteiger charge is 2.11. The van der Waals surface area contributed by atoms with Crippen molar-refractivity contribution in [3.8, 4) is 0 Å². The molecule has 15 heavy (non-hydrogen) atoms. The second-order valence-corrected chi connectivity index (χ2v) is 6.26. The first-order valence-electron chi connectivity index (χ1n) is 4.01. The van der Waals surface area contributed by atoms with E-state index < -0.39 is 16.6 Å². The molecule has 1 aromatic rings. The van der Waals surface area contributed by atoms with Gasteiger partial charge in [-0.25, -0.2) is 8.42 Å². The minimum absolute atomic E-state index is 0.325. The van der Waals surface area contributed by atoms with Crippen LogP contribution in [0.2, 0.25) is 5.02 Å². The van der Waals surface area contributed by atoms with Crippen LogP contribution in [0.25, 0.3) is 0 Å². The quantitative estimate of drug-likeness (QED) is 0.802. The predicted octanol–water partition coefficient (Wildman–Crippen LogP) is 1.68. The third-order valence-corrected chi connectivity index (χ3v) is 3.79. The van der Waals surface area contributed by atoms with Crippen molar-refractivity contribution in [1.82, 2.24) is 0 Å². The Morgan fingerprint density at radius 2 is 2.13 bits per heavy atom. The molecule has 1 aromatic carbocycles. The smallest absolute Gasteiger partial charge is 0.235 e. The molecule has 0 spiro atoms. The van der Waals surface area contributed by atoms with Gasteiger partial charge in [-0.15, -0.1) is 0 Å². The van der Waals surface area contributed by atoms with Gasteiger partial charge in [-0.1, -0.05) is 11.6 Å². The highest BCUT2D eigenvalue weighted by molar-refractivity contribution is 14.1. The van der Waals surface area contributed by atoms with Gasteiger partial charge in [0.05, 0.1) is 23.1 Å². The summed E-state index contributed by atoms with van der Waals surface area (Å²) in [5, 5.41) is 8.88. The molecule has 0 bridgehead atoms. The van der Waals surface area contributed by atoms with E-state index in [9.17, 15) is 8.42 Å². The summed E-state index contributed by atoms with van der Waals surface area (Å²) < 4.78 is 25.8. The Kier molecular flexibility index (Phi) is 4.63. The SMILES string of the molecule is O=S(=O)(CCO)Nc1ccc(I)cc1Cl. The lowest BCUT2D eigenvalue weighted by atomic mass is 10.3. The van der Waals surface area contributed by atoms with E-state index in [2.05, 4.69) is 27.3 Å². The van der Waals surface area contributed by atoms with Gasteiger partial charge >= 0.3 is 0 Å². The number of aliphatic hydroxyl groups excluding tert-OH is 1. The topological polar surface area (TPSA) is 66.4 Å². The minimum atomic E-state index is -3.51. The molecule has 84 valence electrons. The van der Waals surface area contributed by atoms with Crippen molar-refractivity contribution in [2.75, 3.05) is 17.1 Å². The summed E-state index contributed by atoms with van der Waals surface area (Å²) >= 11 is 7.92. The molecule has 2 N–H and O–H groups in total. The van der Waals surface area contributed by atoms with E-state index in [0.29, 0.717) is 10.7 Å². The molecule has 0 atom stereocenters. The fourth-order valence-electron chi connectivity index (χ4n) is 0.911. The third-order valence-electron chi connectivity index (χ3n) is 1.56. The van der Waals surface area contributed by atoms with E-state index in [4.69, 9.17) is 16.7 Å². The molecule has 0 aliphatic heterocycles. The average molecular weight is 362 g/mol. The number of nitrogens with one attached hydrogen (secondary N) is 1. The molecule has 7 heteroatoms. The molecule has 0 unspecified atom stereocenters. The summed E-state index contributed by atoms with van der Waals surface area (Å²) in [7, 11) is -3.51. The van der Waals surface area contributed by atoms with Crippen LogP contribution < -0.4 is 4.72 Å². The van der Waals surface area contributed by atoms with Crippen LogP contribution in [0, 0.1) is 3.57 Å². The molecule has 0 fully saturated rings. The summed E-state index contributed by atoms with van der Waals surface area (Å²) in [6.07, 6.45) is 0. The van der Waals surface area contributed by atoms with Crippen LogP contribution in [-0.2, 0) is 10.0 Å². The number of halogens is 2. The molecule has 0 heterocycles. The van der Waals surface area contributed by atoms with Crippen LogP contribution in [0.1, 0.15) is 0 Å². The van der Waals surface area contributed by atoms with Crippen LogP contribution in [-0.4, -0.2) is 25.9 Å². The van der Waals surface area contributed by atoms with E-state index in [1.165, 1.54) is 0 Å². The van der Waals surface area contributed by atoms with E-state index in [0.717, 1.165) is 3.57 Å². The van der Waals surface area contributed by atoms with Gasteiger partial charge in [-0.3, -0.25) is 4.72 Å². The Labute approximate surface area is 107 Å². The summed E-state index contributed by atoms with van der Waals surface area (Å²) in [5.74, 6) is -0.338. The fraction of sp³-hybridized carbons (Fsp3) is 0.250. The molecule has 0 aromatic heterocycles. The zero-order valence-electron chi connectivity index (χ0n) is 7.57. The largest absolute Gasteiger partial charge is 0.395 e. The van der Waals surface area contributed by atoms with Crippen LogP contribution in [0.4, 0.5) is 5.69 Å². The molecule has 4 nitrogen and oxygen atoms in total. The van der Waals surface area contributed by atoms with Crippen LogP contribution in [0.15, 0.2) is 18.2 Å². The second-order valence-electron chi connectivity index (χ2n) is 2.77. The Bertz CT molecular complexity index is 449. The summed E-state index contributed by atoms with van der Waals surface area (Å²) in [4.78, 5) is 0. The molecule has 1 rings (SSSR count). The van der Waals surface area contributed by atoms with Crippen LogP contribution in [0.3, 0.4) is 0 Å². The number of hydrogen-bond acceptors (Lipinski definition) is 3.